The predicted octanol–water partition coefficient (Wildman–Crippen LogP) is 4.87. The fourth-order valence-corrected chi connectivity index (χ4v) is 4.81. The summed E-state index contributed by atoms with van der Waals surface area (Å²) in [5.41, 5.74) is 2.08. The number of hydrogen-bond acceptors (Lipinski definition) is 3. The molecule has 0 atom stereocenters. The Morgan fingerprint density at radius 2 is 2.03 bits per heavy atom. The van der Waals surface area contributed by atoms with Crippen LogP contribution in [0, 0.1) is 12.8 Å². The molecular formula is C24H29ClFN3O. The molecule has 1 saturated carbocycles. The summed E-state index contributed by atoms with van der Waals surface area (Å²) in [7, 11) is 1.76. The molecule has 1 aliphatic heterocycles. The third kappa shape index (κ3) is 4.37. The Morgan fingerprint density at radius 3 is 2.70 bits per heavy atom. The fourth-order valence-electron chi connectivity index (χ4n) is 4.57. The zero-order chi connectivity index (χ0) is 21.3. The van der Waals surface area contributed by atoms with E-state index in [4.69, 9.17) is 11.6 Å². The van der Waals surface area contributed by atoms with E-state index in [9.17, 15) is 4.79 Å². The zero-order valence-electron chi connectivity index (χ0n) is 17.7. The van der Waals surface area contributed by atoms with Crippen molar-refractivity contribution in [3.05, 3.63) is 63.9 Å². The number of pyridine rings is 1. The van der Waals surface area contributed by atoms with Gasteiger partial charge in [-0.2, -0.15) is 0 Å². The lowest BCUT2D eigenvalue weighted by atomic mass is 9.68. The van der Waals surface area contributed by atoms with E-state index in [1.54, 1.807) is 24.2 Å². The first kappa shape index (κ1) is 21.3. The standard InChI is InChI=1S/C24H29ClFN3O/c1-17-6-5-9-27-22(17)16-28(2)23(30)19-13-24(26,14-19)20-8-7-18(21(25)12-20)15-29-10-3-4-11-29/h5-9,12,19H,3-4,10-11,13-16H2,1-2H3/t19-,24-. The molecule has 2 fully saturated rings. The summed E-state index contributed by atoms with van der Waals surface area (Å²) in [4.78, 5) is 21.2. The molecule has 4 rings (SSSR count). The highest BCUT2D eigenvalue weighted by Crippen LogP contribution is 2.50. The minimum atomic E-state index is -1.47. The molecule has 1 aliphatic carbocycles. The first-order chi connectivity index (χ1) is 14.4. The van der Waals surface area contributed by atoms with E-state index >= 15 is 4.39 Å². The fraction of sp³-hybridized carbons (Fsp3) is 0.500. The maximum atomic E-state index is 15.5. The van der Waals surface area contributed by atoms with E-state index in [1.165, 1.54) is 12.8 Å². The van der Waals surface area contributed by atoms with Gasteiger partial charge >= 0.3 is 0 Å². The molecule has 0 spiro atoms. The Labute approximate surface area is 183 Å². The SMILES string of the molecule is Cc1cccnc1CN(C)C(=O)[C@H]1C[C@@](F)(c2ccc(CN3CCCC3)c(Cl)c2)C1. The average molecular weight is 430 g/mol. The van der Waals surface area contributed by atoms with Crippen LogP contribution in [-0.2, 0) is 23.6 Å². The van der Waals surface area contributed by atoms with Gasteiger partial charge in [0.05, 0.1) is 12.2 Å². The predicted molar refractivity (Wildman–Crippen MR) is 117 cm³/mol. The second-order valence-electron chi connectivity index (χ2n) is 8.82. The molecule has 1 amide bonds. The molecule has 4 nitrogen and oxygen atoms in total. The normalized spacial score (nSPS) is 23.9. The van der Waals surface area contributed by atoms with Crippen molar-refractivity contribution in [1.82, 2.24) is 14.8 Å². The van der Waals surface area contributed by atoms with Gasteiger partial charge in [0.25, 0.3) is 0 Å². The van der Waals surface area contributed by atoms with Crippen LogP contribution >= 0.6 is 11.6 Å². The van der Waals surface area contributed by atoms with Gasteiger partial charge in [0.1, 0.15) is 5.67 Å². The first-order valence-electron chi connectivity index (χ1n) is 10.7. The van der Waals surface area contributed by atoms with Crippen LogP contribution in [0.3, 0.4) is 0 Å². The van der Waals surface area contributed by atoms with Crippen molar-refractivity contribution in [2.75, 3.05) is 20.1 Å². The molecule has 0 N–H and O–H groups in total. The molecule has 0 unspecified atom stereocenters. The molecule has 30 heavy (non-hydrogen) atoms. The van der Waals surface area contributed by atoms with Gasteiger partial charge in [-0.1, -0.05) is 29.8 Å². The summed E-state index contributed by atoms with van der Waals surface area (Å²) in [6.45, 7) is 5.43. The summed E-state index contributed by atoms with van der Waals surface area (Å²) in [5, 5.41) is 0.619. The van der Waals surface area contributed by atoms with Gasteiger partial charge in [0.2, 0.25) is 5.91 Å². The lowest BCUT2D eigenvalue weighted by molar-refractivity contribution is -0.144. The van der Waals surface area contributed by atoms with Gasteiger partial charge in [0.15, 0.2) is 0 Å². The van der Waals surface area contributed by atoms with E-state index in [0.717, 1.165) is 36.5 Å². The number of aryl methyl sites for hydroxylation is 1. The van der Waals surface area contributed by atoms with Crippen molar-refractivity contribution in [3.8, 4) is 0 Å². The Hall–Kier alpha value is -1.98. The van der Waals surface area contributed by atoms with Crippen LogP contribution in [0.4, 0.5) is 4.39 Å². The second-order valence-corrected chi connectivity index (χ2v) is 9.23. The molecule has 1 aromatic heterocycles. The second kappa shape index (κ2) is 8.64. The van der Waals surface area contributed by atoms with E-state index in [1.807, 2.05) is 31.2 Å². The molecule has 0 bridgehead atoms. The van der Waals surface area contributed by atoms with Gasteiger partial charge in [-0.15, -0.1) is 0 Å². The Kier molecular flexibility index (Phi) is 6.12. The van der Waals surface area contributed by atoms with E-state index in [2.05, 4.69) is 9.88 Å². The Morgan fingerprint density at radius 1 is 1.30 bits per heavy atom. The van der Waals surface area contributed by atoms with Gasteiger partial charge < -0.3 is 4.90 Å². The maximum Gasteiger partial charge on any atom is 0.226 e. The molecule has 2 aliphatic rings. The first-order valence-corrected chi connectivity index (χ1v) is 11.1. The van der Waals surface area contributed by atoms with Gasteiger partial charge in [-0.25, -0.2) is 4.39 Å². The lowest BCUT2D eigenvalue weighted by Gasteiger charge is -2.42. The highest BCUT2D eigenvalue weighted by molar-refractivity contribution is 6.31. The van der Waals surface area contributed by atoms with Crippen molar-refractivity contribution in [2.24, 2.45) is 5.92 Å². The van der Waals surface area contributed by atoms with Gasteiger partial charge in [0, 0.05) is 30.7 Å². The third-order valence-corrected chi connectivity index (χ3v) is 6.89. The number of nitrogens with zero attached hydrogens (tertiary/aromatic N) is 3. The highest BCUT2D eigenvalue weighted by Gasteiger charge is 2.50. The van der Waals surface area contributed by atoms with Crippen LogP contribution < -0.4 is 0 Å². The van der Waals surface area contributed by atoms with Crippen LogP contribution in [0.5, 0.6) is 0 Å². The van der Waals surface area contributed by atoms with Crippen molar-refractivity contribution in [1.29, 1.82) is 0 Å². The number of rotatable bonds is 6. The number of halogens is 2. The van der Waals surface area contributed by atoms with Crippen molar-refractivity contribution in [3.63, 3.8) is 0 Å². The molecule has 6 heteroatoms. The minimum absolute atomic E-state index is 0.0231. The van der Waals surface area contributed by atoms with Crippen LogP contribution in [0.15, 0.2) is 36.5 Å². The third-order valence-electron chi connectivity index (χ3n) is 6.53. The van der Waals surface area contributed by atoms with Crippen molar-refractivity contribution < 1.29 is 9.18 Å². The van der Waals surface area contributed by atoms with E-state index < -0.39 is 5.67 Å². The van der Waals surface area contributed by atoms with Crippen molar-refractivity contribution >= 4 is 17.5 Å². The number of likely N-dealkylation sites (tertiary alicyclic amines) is 1. The molecule has 1 saturated heterocycles. The largest absolute Gasteiger partial charge is 0.340 e. The summed E-state index contributed by atoms with van der Waals surface area (Å²) >= 11 is 6.47. The smallest absolute Gasteiger partial charge is 0.226 e. The number of amides is 1. The topological polar surface area (TPSA) is 36.4 Å². The number of alkyl halides is 1. The number of benzene rings is 1. The number of hydrogen-bond donors (Lipinski definition) is 0. The monoisotopic (exact) mass is 429 g/mol. The molecule has 2 aromatic rings. The van der Waals surface area contributed by atoms with E-state index in [-0.39, 0.29) is 24.7 Å². The van der Waals surface area contributed by atoms with Crippen molar-refractivity contribution in [2.45, 2.75) is 51.4 Å². The van der Waals surface area contributed by atoms with Gasteiger partial charge in [-0.05, 0) is 74.5 Å². The number of carbonyl (C=O) groups excluding carboxylic acids is 1. The zero-order valence-corrected chi connectivity index (χ0v) is 18.5. The average Bonchev–Trinajstić information content (AvgIpc) is 3.21. The lowest BCUT2D eigenvalue weighted by Crippen LogP contribution is -2.46. The molecule has 1 aromatic carbocycles. The summed E-state index contributed by atoms with van der Waals surface area (Å²) in [6.07, 6.45) is 4.60. The number of aromatic nitrogens is 1. The van der Waals surface area contributed by atoms with Crippen LogP contribution in [0.1, 0.15) is 48.1 Å². The molecule has 0 radical (unpaired) electrons. The maximum absolute atomic E-state index is 15.5. The molecule has 2 heterocycles. The Bertz CT molecular complexity index is 922. The summed E-state index contributed by atoms with van der Waals surface area (Å²) in [6, 6.07) is 9.41. The quantitative estimate of drug-likeness (QED) is 0.657. The summed E-state index contributed by atoms with van der Waals surface area (Å²) < 4.78 is 15.5. The Balaban J connectivity index is 1.36. The van der Waals surface area contributed by atoms with Crippen LogP contribution in [-0.4, -0.2) is 40.8 Å². The van der Waals surface area contributed by atoms with Crippen LogP contribution in [0.2, 0.25) is 5.02 Å². The molecular weight excluding hydrogens is 401 g/mol. The molecule has 160 valence electrons. The minimum Gasteiger partial charge on any atom is -0.340 e. The van der Waals surface area contributed by atoms with Crippen LogP contribution in [0.25, 0.3) is 0 Å². The number of carbonyl (C=O) groups is 1. The van der Waals surface area contributed by atoms with Gasteiger partial charge in [-0.3, -0.25) is 14.7 Å². The van der Waals surface area contributed by atoms with E-state index in [0.29, 0.717) is 17.1 Å². The summed E-state index contributed by atoms with van der Waals surface area (Å²) in [5.74, 6) is -0.322. The highest BCUT2D eigenvalue weighted by atomic mass is 35.5.